The summed E-state index contributed by atoms with van der Waals surface area (Å²) in [6, 6.07) is 10.9. The number of piperidine rings is 1. The molecule has 1 aromatic heterocycles. The van der Waals surface area contributed by atoms with Crippen LogP contribution in [0.3, 0.4) is 0 Å². The summed E-state index contributed by atoms with van der Waals surface area (Å²) >= 11 is 0. The van der Waals surface area contributed by atoms with Gasteiger partial charge in [0.1, 0.15) is 5.75 Å². The van der Waals surface area contributed by atoms with Crippen LogP contribution in [-0.2, 0) is 0 Å². The van der Waals surface area contributed by atoms with E-state index in [4.69, 9.17) is 4.74 Å². The predicted octanol–water partition coefficient (Wildman–Crippen LogP) is 2.75. The Morgan fingerprint density at radius 2 is 2.13 bits per heavy atom. The first-order chi connectivity index (χ1) is 11.2. The van der Waals surface area contributed by atoms with Crippen molar-refractivity contribution in [2.45, 2.75) is 25.3 Å². The van der Waals surface area contributed by atoms with Gasteiger partial charge >= 0.3 is 0 Å². The number of likely N-dealkylation sites (tertiary alicyclic amines) is 1. The van der Waals surface area contributed by atoms with Gasteiger partial charge in [0, 0.05) is 18.8 Å². The SMILES string of the molecule is COc1cccc([C@@H]2CCCCN2C(=O)c2ccc(=O)[nH]c2)c1. The van der Waals surface area contributed by atoms with Crippen LogP contribution in [0.4, 0.5) is 0 Å². The Hall–Kier alpha value is -2.56. The topological polar surface area (TPSA) is 62.4 Å². The number of nitrogens with zero attached hydrogens (tertiary/aromatic N) is 1. The summed E-state index contributed by atoms with van der Waals surface area (Å²) in [6.07, 6.45) is 4.51. The van der Waals surface area contributed by atoms with Crippen molar-refractivity contribution in [2.75, 3.05) is 13.7 Å². The first-order valence-corrected chi connectivity index (χ1v) is 7.82. The van der Waals surface area contributed by atoms with Gasteiger partial charge in [-0.15, -0.1) is 0 Å². The van der Waals surface area contributed by atoms with Crippen LogP contribution in [0.15, 0.2) is 47.4 Å². The Balaban J connectivity index is 1.90. The third kappa shape index (κ3) is 3.28. The summed E-state index contributed by atoms with van der Waals surface area (Å²) in [5.41, 5.74) is 1.39. The minimum Gasteiger partial charge on any atom is -0.497 e. The molecule has 0 saturated carbocycles. The van der Waals surface area contributed by atoms with E-state index in [2.05, 4.69) is 4.98 Å². The molecule has 2 heterocycles. The zero-order chi connectivity index (χ0) is 16.2. The monoisotopic (exact) mass is 312 g/mol. The summed E-state index contributed by atoms with van der Waals surface area (Å²) in [7, 11) is 1.64. The number of hydrogen-bond acceptors (Lipinski definition) is 3. The van der Waals surface area contributed by atoms with Gasteiger partial charge in [-0.05, 0) is 43.0 Å². The van der Waals surface area contributed by atoms with Crippen LogP contribution in [0.25, 0.3) is 0 Å². The van der Waals surface area contributed by atoms with Crippen LogP contribution >= 0.6 is 0 Å². The summed E-state index contributed by atoms with van der Waals surface area (Å²) < 4.78 is 5.30. The maximum absolute atomic E-state index is 12.8. The molecule has 1 N–H and O–H groups in total. The van der Waals surface area contributed by atoms with Gasteiger partial charge < -0.3 is 14.6 Å². The molecular weight excluding hydrogens is 292 g/mol. The molecule has 1 aromatic carbocycles. The average Bonchev–Trinajstić information content (AvgIpc) is 2.62. The summed E-state index contributed by atoms with van der Waals surface area (Å²) in [5, 5.41) is 0. The molecule has 1 aliphatic rings. The molecule has 1 atom stereocenters. The number of aromatic amines is 1. The molecule has 0 spiro atoms. The van der Waals surface area contributed by atoms with Crippen molar-refractivity contribution in [3.05, 3.63) is 64.1 Å². The largest absolute Gasteiger partial charge is 0.497 e. The Bertz CT molecular complexity index is 733. The minimum atomic E-state index is -0.204. The van der Waals surface area contributed by atoms with Crippen molar-refractivity contribution in [2.24, 2.45) is 0 Å². The van der Waals surface area contributed by atoms with Gasteiger partial charge in [0.2, 0.25) is 5.56 Å². The number of carbonyl (C=O) groups excluding carboxylic acids is 1. The average molecular weight is 312 g/mol. The fourth-order valence-electron chi connectivity index (χ4n) is 3.08. The lowest BCUT2D eigenvalue weighted by Crippen LogP contribution is -2.38. The zero-order valence-corrected chi connectivity index (χ0v) is 13.1. The number of ether oxygens (including phenoxy) is 1. The van der Waals surface area contributed by atoms with E-state index in [1.54, 1.807) is 13.2 Å². The van der Waals surface area contributed by atoms with E-state index < -0.39 is 0 Å². The van der Waals surface area contributed by atoms with E-state index in [0.717, 1.165) is 37.1 Å². The quantitative estimate of drug-likeness (QED) is 0.948. The van der Waals surface area contributed by atoms with E-state index in [-0.39, 0.29) is 17.5 Å². The van der Waals surface area contributed by atoms with Crippen LogP contribution in [0.2, 0.25) is 0 Å². The molecule has 2 aromatic rings. The van der Waals surface area contributed by atoms with Gasteiger partial charge in [-0.3, -0.25) is 9.59 Å². The van der Waals surface area contributed by atoms with Gasteiger partial charge in [-0.2, -0.15) is 0 Å². The second kappa shape index (κ2) is 6.69. The lowest BCUT2D eigenvalue weighted by atomic mass is 9.94. The molecule has 1 aliphatic heterocycles. The van der Waals surface area contributed by atoms with E-state index in [1.807, 2.05) is 29.2 Å². The standard InChI is InChI=1S/C18H20N2O3/c1-23-15-6-4-5-13(11-15)16-7-2-3-10-20(16)18(22)14-8-9-17(21)19-12-14/h4-6,8-9,11-12,16H,2-3,7,10H2,1H3,(H,19,21)/t16-/m0/s1. The molecule has 5 nitrogen and oxygen atoms in total. The Morgan fingerprint density at radius 1 is 1.26 bits per heavy atom. The van der Waals surface area contributed by atoms with Crippen molar-refractivity contribution in [3.63, 3.8) is 0 Å². The van der Waals surface area contributed by atoms with Crippen LogP contribution in [0.1, 0.15) is 41.2 Å². The highest BCUT2D eigenvalue weighted by molar-refractivity contribution is 5.94. The van der Waals surface area contributed by atoms with Crippen molar-refractivity contribution >= 4 is 5.91 Å². The van der Waals surface area contributed by atoms with Crippen LogP contribution in [-0.4, -0.2) is 29.4 Å². The van der Waals surface area contributed by atoms with Crippen molar-refractivity contribution < 1.29 is 9.53 Å². The van der Waals surface area contributed by atoms with E-state index in [0.29, 0.717) is 5.56 Å². The van der Waals surface area contributed by atoms with E-state index in [1.165, 1.54) is 12.3 Å². The van der Waals surface area contributed by atoms with Gasteiger partial charge in [0.05, 0.1) is 18.7 Å². The third-order valence-corrected chi connectivity index (χ3v) is 4.27. The van der Waals surface area contributed by atoms with E-state index >= 15 is 0 Å². The maximum atomic E-state index is 12.8. The first kappa shape index (κ1) is 15.3. The van der Waals surface area contributed by atoms with Crippen molar-refractivity contribution in [3.8, 4) is 5.75 Å². The Morgan fingerprint density at radius 3 is 2.87 bits per heavy atom. The molecule has 5 heteroatoms. The lowest BCUT2D eigenvalue weighted by Gasteiger charge is -2.36. The van der Waals surface area contributed by atoms with Gasteiger partial charge in [0.15, 0.2) is 0 Å². The molecule has 23 heavy (non-hydrogen) atoms. The van der Waals surface area contributed by atoms with Gasteiger partial charge in [-0.25, -0.2) is 0 Å². The lowest BCUT2D eigenvalue weighted by molar-refractivity contribution is 0.0611. The molecule has 1 fully saturated rings. The first-order valence-electron chi connectivity index (χ1n) is 7.82. The smallest absolute Gasteiger partial charge is 0.255 e. The predicted molar refractivity (Wildman–Crippen MR) is 87.7 cm³/mol. The number of rotatable bonds is 3. The Kier molecular flexibility index (Phi) is 4.46. The number of H-pyrrole nitrogens is 1. The highest BCUT2D eigenvalue weighted by Gasteiger charge is 2.28. The number of methoxy groups -OCH3 is 1. The third-order valence-electron chi connectivity index (χ3n) is 4.27. The fraction of sp³-hybridized carbons (Fsp3) is 0.333. The molecule has 1 saturated heterocycles. The second-order valence-corrected chi connectivity index (χ2v) is 5.73. The van der Waals surface area contributed by atoms with Gasteiger partial charge in [-0.1, -0.05) is 12.1 Å². The molecule has 0 radical (unpaired) electrons. The molecule has 1 amide bonds. The number of amides is 1. The normalized spacial score (nSPS) is 17.8. The highest BCUT2D eigenvalue weighted by atomic mass is 16.5. The molecule has 0 aliphatic carbocycles. The fourth-order valence-corrected chi connectivity index (χ4v) is 3.08. The van der Waals surface area contributed by atoms with Crippen LogP contribution < -0.4 is 10.3 Å². The number of hydrogen-bond donors (Lipinski definition) is 1. The highest BCUT2D eigenvalue weighted by Crippen LogP contribution is 2.33. The Labute approximate surface area is 134 Å². The molecule has 3 rings (SSSR count). The molecule has 0 bridgehead atoms. The van der Waals surface area contributed by atoms with E-state index in [9.17, 15) is 9.59 Å². The van der Waals surface area contributed by atoms with Crippen molar-refractivity contribution in [1.29, 1.82) is 0 Å². The summed E-state index contributed by atoms with van der Waals surface area (Å²) in [5.74, 6) is 0.748. The zero-order valence-electron chi connectivity index (χ0n) is 13.1. The minimum absolute atomic E-state index is 0.0401. The number of pyridine rings is 1. The summed E-state index contributed by atoms with van der Waals surface area (Å²) in [4.78, 5) is 28.5. The number of carbonyl (C=O) groups is 1. The number of aromatic nitrogens is 1. The van der Waals surface area contributed by atoms with Gasteiger partial charge in [0.25, 0.3) is 5.91 Å². The van der Waals surface area contributed by atoms with Crippen LogP contribution in [0.5, 0.6) is 5.75 Å². The molecule has 120 valence electrons. The van der Waals surface area contributed by atoms with Crippen LogP contribution in [0, 0.1) is 0 Å². The van der Waals surface area contributed by atoms with Crippen molar-refractivity contribution in [1.82, 2.24) is 9.88 Å². The number of benzene rings is 1. The molecule has 0 unspecified atom stereocenters. The second-order valence-electron chi connectivity index (χ2n) is 5.73. The maximum Gasteiger partial charge on any atom is 0.255 e. The molecular formula is C18H20N2O3. The summed E-state index contributed by atoms with van der Waals surface area (Å²) in [6.45, 7) is 0.722. The number of nitrogens with one attached hydrogen (secondary N) is 1.